The Morgan fingerprint density at radius 1 is 1.10 bits per heavy atom. The molecule has 3 atom stereocenters. The fourth-order valence-electron chi connectivity index (χ4n) is 4.61. The zero-order valence-corrected chi connectivity index (χ0v) is 18.9. The molecule has 1 N–H and O–H groups in total. The van der Waals surface area contributed by atoms with Gasteiger partial charge in [-0.15, -0.1) is 0 Å². The van der Waals surface area contributed by atoms with Crippen LogP contribution in [0.25, 0.3) is 0 Å². The van der Waals surface area contributed by atoms with Gasteiger partial charge in [-0.05, 0) is 60.2 Å². The Labute approximate surface area is 185 Å². The predicted octanol–water partition coefficient (Wildman–Crippen LogP) is 4.48. The van der Waals surface area contributed by atoms with Gasteiger partial charge in [0.15, 0.2) is 0 Å². The topological polar surface area (TPSA) is 27.7 Å². The lowest BCUT2D eigenvalue weighted by Crippen LogP contribution is -2.37. The molecule has 1 heterocycles. The van der Waals surface area contributed by atoms with Gasteiger partial charge >= 0.3 is 0 Å². The molecular formula is C26H34FN3O. The number of halogens is 1. The van der Waals surface area contributed by atoms with E-state index in [2.05, 4.69) is 54.7 Å². The fraction of sp³-hybridized carbons (Fsp3) is 0.462. The standard InChI is InChI=1S/C26H34FN3O/c1-18(2)17-31-23-11-7-20(8-12-23)13-28-19(3)30(14-21-5-9-22(27)10-6-21)26-24-15-29(4)16-25(24)26/h5-12,18,24-26,28H,3,13-17H2,1-2,4H3/t24-,25+,26?. The van der Waals surface area contributed by atoms with E-state index in [0.29, 0.717) is 30.3 Å². The highest BCUT2D eigenvalue weighted by Gasteiger charge is 2.57. The first-order valence-electron chi connectivity index (χ1n) is 11.2. The number of fused-ring (bicyclic) bond motifs is 1. The molecule has 4 rings (SSSR count). The minimum Gasteiger partial charge on any atom is -0.493 e. The van der Waals surface area contributed by atoms with Gasteiger partial charge < -0.3 is 19.9 Å². The normalized spacial score (nSPS) is 22.3. The van der Waals surface area contributed by atoms with Gasteiger partial charge in [-0.2, -0.15) is 0 Å². The van der Waals surface area contributed by atoms with Crippen LogP contribution in [-0.4, -0.2) is 42.6 Å². The average Bonchev–Trinajstić information content (AvgIpc) is 3.25. The Hall–Kier alpha value is -2.53. The average molecular weight is 424 g/mol. The van der Waals surface area contributed by atoms with Crippen molar-refractivity contribution >= 4 is 0 Å². The third kappa shape index (κ3) is 5.40. The van der Waals surface area contributed by atoms with E-state index in [0.717, 1.165) is 43.4 Å². The molecule has 4 nitrogen and oxygen atoms in total. The summed E-state index contributed by atoms with van der Waals surface area (Å²) in [4.78, 5) is 4.79. The van der Waals surface area contributed by atoms with E-state index in [-0.39, 0.29) is 5.82 Å². The number of hydrogen-bond acceptors (Lipinski definition) is 4. The predicted molar refractivity (Wildman–Crippen MR) is 123 cm³/mol. The highest BCUT2D eigenvalue weighted by Crippen LogP contribution is 2.49. The third-order valence-corrected chi connectivity index (χ3v) is 6.31. The molecule has 2 aliphatic rings. The van der Waals surface area contributed by atoms with Crippen molar-refractivity contribution in [1.29, 1.82) is 0 Å². The van der Waals surface area contributed by atoms with Crippen molar-refractivity contribution < 1.29 is 9.13 Å². The smallest absolute Gasteiger partial charge is 0.123 e. The van der Waals surface area contributed by atoms with Crippen LogP contribution < -0.4 is 10.1 Å². The molecule has 2 aromatic rings. The Bertz CT molecular complexity index is 869. The molecule has 1 saturated carbocycles. The SMILES string of the molecule is C=C(NCc1ccc(OCC(C)C)cc1)N(Cc1ccc(F)cc1)C1[C@H]2CN(C)C[C@@H]12. The minimum atomic E-state index is -0.196. The van der Waals surface area contributed by atoms with Gasteiger partial charge in [-0.25, -0.2) is 4.39 Å². The molecule has 2 fully saturated rings. The highest BCUT2D eigenvalue weighted by molar-refractivity contribution is 5.28. The first-order valence-corrected chi connectivity index (χ1v) is 11.2. The van der Waals surface area contributed by atoms with Crippen molar-refractivity contribution in [3.63, 3.8) is 0 Å². The van der Waals surface area contributed by atoms with E-state index < -0.39 is 0 Å². The lowest BCUT2D eigenvalue weighted by molar-refractivity contribution is 0.237. The van der Waals surface area contributed by atoms with Crippen LogP contribution in [0.3, 0.4) is 0 Å². The Kier molecular flexibility index (Phi) is 6.51. The van der Waals surface area contributed by atoms with Crippen LogP contribution in [0.4, 0.5) is 4.39 Å². The van der Waals surface area contributed by atoms with E-state index in [1.165, 1.54) is 17.7 Å². The monoisotopic (exact) mass is 423 g/mol. The maximum Gasteiger partial charge on any atom is 0.123 e. The number of hydrogen-bond donors (Lipinski definition) is 1. The summed E-state index contributed by atoms with van der Waals surface area (Å²) in [5.74, 6) is 3.55. The molecular weight excluding hydrogens is 389 g/mol. The zero-order valence-electron chi connectivity index (χ0n) is 18.9. The molecule has 1 unspecified atom stereocenters. The summed E-state index contributed by atoms with van der Waals surface area (Å²) in [6.45, 7) is 13.1. The highest BCUT2D eigenvalue weighted by atomic mass is 19.1. The number of nitrogens with one attached hydrogen (secondary N) is 1. The van der Waals surface area contributed by atoms with Gasteiger partial charge in [-0.1, -0.05) is 44.7 Å². The number of piperidine rings is 1. The maximum atomic E-state index is 13.4. The van der Waals surface area contributed by atoms with Gasteiger partial charge in [0.2, 0.25) is 0 Å². The molecule has 2 aromatic carbocycles. The van der Waals surface area contributed by atoms with E-state index in [9.17, 15) is 4.39 Å². The van der Waals surface area contributed by atoms with Crippen LogP contribution >= 0.6 is 0 Å². The zero-order chi connectivity index (χ0) is 22.0. The molecule has 0 bridgehead atoms. The van der Waals surface area contributed by atoms with Crippen molar-refractivity contribution in [2.45, 2.75) is 33.0 Å². The Balaban J connectivity index is 1.37. The summed E-state index contributed by atoms with van der Waals surface area (Å²) in [6.07, 6.45) is 0. The lowest BCUT2D eigenvalue weighted by atomic mass is 10.2. The number of nitrogens with zero attached hydrogens (tertiary/aromatic N) is 2. The van der Waals surface area contributed by atoms with Gasteiger partial charge in [0, 0.05) is 32.2 Å². The Morgan fingerprint density at radius 3 is 2.32 bits per heavy atom. The number of ether oxygens (including phenoxy) is 1. The van der Waals surface area contributed by atoms with E-state index in [4.69, 9.17) is 4.74 Å². The second-order valence-electron chi connectivity index (χ2n) is 9.44. The molecule has 5 heteroatoms. The van der Waals surface area contributed by atoms with Crippen molar-refractivity contribution in [1.82, 2.24) is 15.1 Å². The van der Waals surface area contributed by atoms with E-state index in [1.54, 1.807) is 0 Å². The molecule has 0 radical (unpaired) electrons. The molecule has 166 valence electrons. The number of likely N-dealkylation sites (tertiary alicyclic amines) is 1. The van der Waals surface area contributed by atoms with E-state index in [1.807, 2.05) is 24.3 Å². The summed E-state index contributed by atoms with van der Waals surface area (Å²) < 4.78 is 19.1. The van der Waals surface area contributed by atoms with Crippen LogP contribution in [-0.2, 0) is 13.1 Å². The van der Waals surface area contributed by atoms with Crippen molar-refractivity contribution in [2.75, 3.05) is 26.7 Å². The molecule has 1 aliphatic carbocycles. The quantitative estimate of drug-likeness (QED) is 0.610. The molecule has 0 aromatic heterocycles. The van der Waals surface area contributed by atoms with Gasteiger partial charge in [0.25, 0.3) is 0 Å². The fourth-order valence-corrected chi connectivity index (χ4v) is 4.61. The second kappa shape index (κ2) is 9.31. The molecule has 1 saturated heterocycles. The van der Waals surface area contributed by atoms with Crippen LogP contribution in [0.5, 0.6) is 5.75 Å². The van der Waals surface area contributed by atoms with Crippen molar-refractivity contribution in [3.8, 4) is 5.75 Å². The van der Waals surface area contributed by atoms with Crippen LogP contribution in [0.15, 0.2) is 60.9 Å². The van der Waals surface area contributed by atoms with Crippen molar-refractivity contribution in [2.24, 2.45) is 17.8 Å². The van der Waals surface area contributed by atoms with Crippen molar-refractivity contribution in [3.05, 3.63) is 77.9 Å². The van der Waals surface area contributed by atoms with Crippen LogP contribution in [0, 0.1) is 23.6 Å². The van der Waals surface area contributed by atoms with Crippen LogP contribution in [0.1, 0.15) is 25.0 Å². The lowest BCUT2D eigenvalue weighted by Gasteiger charge is -2.30. The minimum absolute atomic E-state index is 0.196. The summed E-state index contributed by atoms with van der Waals surface area (Å²) in [6, 6.07) is 15.6. The van der Waals surface area contributed by atoms with Gasteiger partial charge in [0.05, 0.1) is 12.4 Å². The second-order valence-corrected chi connectivity index (χ2v) is 9.44. The molecule has 0 spiro atoms. The molecule has 31 heavy (non-hydrogen) atoms. The van der Waals surface area contributed by atoms with Crippen LogP contribution in [0.2, 0.25) is 0 Å². The maximum absolute atomic E-state index is 13.4. The summed E-state index contributed by atoms with van der Waals surface area (Å²) >= 11 is 0. The summed E-state index contributed by atoms with van der Waals surface area (Å²) in [7, 11) is 2.19. The molecule has 1 aliphatic heterocycles. The first-order chi connectivity index (χ1) is 14.9. The largest absolute Gasteiger partial charge is 0.493 e. The number of rotatable bonds is 10. The third-order valence-electron chi connectivity index (χ3n) is 6.31. The van der Waals surface area contributed by atoms with E-state index >= 15 is 0 Å². The van der Waals surface area contributed by atoms with Gasteiger partial charge in [-0.3, -0.25) is 0 Å². The number of benzene rings is 2. The molecule has 0 amide bonds. The summed E-state index contributed by atoms with van der Waals surface area (Å²) in [5.41, 5.74) is 2.30. The Morgan fingerprint density at radius 2 is 1.71 bits per heavy atom. The summed E-state index contributed by atoms with van der Waals surface area (Å²) in [5, 5.41) is 3.53. The van der Waals surface area contributed by atoms with Gasteiger partial charge in [0.1, 0.15) is 11.6 Å². The first kappa shape index (κ1) is 21.7.